The van der Waals surface area contributed by atoms with Crippen LogP contribution in [0.25, 0.3) is 0 Å². The average molecular weight is 304 g/mol. The lowest BCUT2D eigenvalue weighted by molar-refractivity contribution is -0.0899. The number of hydrogen-bond acceptors (Lipinski definition) is 4. The molecule has 122 valence electrons. The molecule has 4 nitrogen and oxygen atoms in total. The molecular weight excluding hydrogens is 276 g/mol. The van der Waals surface area contributed by atoms with Crippen molar-refractivity contribution in [2.75, 3.05) is 26.2 Å². The molecule has 0 aliphatic carbocycles. The topological polar surface area (TPSA) is 55.7 Å². The van der Waals surface area contributed by atoms with Gasteiger partial charge < -0.3 is 15.5 Å². The smallest absolute Gasteiger partial charge is 0.0904 e. The Kier molecular flexibility index (Phi) is 5.14. The van der Waals surface area contributed by atoms with Crippen molar-refractivity contribution in [2.45, 2.75) is 49.8 Å². The van der Waals surface area contributed by atoms with E-state index in [9.17, 15) is 10.2 Å². The highest BCUT2D eigenvalue weighted by molar-refractivity contribution is 5.17. The Balaban J connectivity index is 1.74. The van der Waals surface area contributed by atoms with E-state index in [2.05, 4.69) is 34.5 Å². The summed E-state index contributed by atoms with van der Waals surface area (Å²) in [6.45, 7) is 2.94. The number of nitrogens with zero attached hydrogens (tertiary/aromatic N) is 1. The van der Waals surface area contributed by atoms with Crippen molar-refractivity contribution >= 4 is 0 Å². The van der Waals surface area contributed by atoms with Gasteiger partial charge >= 0.3 is 0 Å². The molecule has 2 fully saturated rings. The first-order valence-corrected chi connectivity index (χ1v) is 8.54. The number of benzene rings is 1. The van der Waals surface area contributed by atoms with Gasteiger partial charge in [0.25, 0.3) is 0 Å². The molecule has 0 radical (unpaired) electrons. The lowest BCUT2D eigenvalue weighted by Crippen LogP contribution is -2.57. The lowest BCUT2D eigenvalue weighted by Gasteiger charge is -2.48. The van der Waals surface area contributed by atoms with Gasteiger partial charge in [-0.05, 0) is 50.8 Å². The van der Waals surface area contributed by atoms with Crippen LogP contribution in [0.15, 0.2) is 30.3 Å². The summed E-state index contributed by atoms with van der Waals surface area (Å²) < 4.78 is 0. The monoisotopic (exact) mass is 304 g/mol. The summed E-state index contributed by atoms with van der Waals surface area (Å²) in [5.41, 5.74) is 0.414. The Bertz CT molecular complexity index is 461. The van der Waals surface area contributed by atoms with E-state index in [-0.39, 0.29) is 6.61 Å². The standard InChI is InChI=1S/C18H28N2O2/c21-14-18(22)8-11-20(16-6-9-19-10-7-16)17(13-18)12-15-4-2-1-3-5-15/h1-5,16-17,19,21-22H,6-14H2. The average Bonchev–Trinajstić information content (AvgIpc) is 2.57. The highest BCUT2D eigenvalue weighted by atomic mass is 16.3. The summed E-state index contributed by atoms with van der Waals surface area (Å²) in [6, 6.07) is 11.4. The van der Waals surface area contributed by atoms with Crippen molar-refractivity contribution in [3.05, 3.63) is 35.9 Å². The number of likely N-dealkylation sites (tertiary alicyclic amines) is 1. The minimum atomic E-state index is -0.900. The molecule has 3 N–H and O–H groups in total. The molecule has 0 spiro atoms. The van der Waals surface area contributed by atoms with Crippen molar-refractivity contribution < 1.29 is 10.2 Å². The lowest BCUT2D eigenvalue weighted by atomic mass is 9.82. The largest absolute Gasteiger partial charge is 0.393 e. The first-order chi connectivity index (χ1) is 10.7. The molecule has 1 aromatic carbocycles. The van der Waals surface area contributed by atoms with Crippen LogP contribution in [0.4, 0.5) is 0 Å². The van der Waals surface area contributed by atoms with E-state index >= 15 is 0 Å². The van der Waals surface area contributed by atoms with Gasteiger partial charge in [0.1, 0.15) is 0 Å². The van der Waals surface area contributed by atoms with Crippen molar-refractivity contribution in [2.24, 2.45) is 0 Å². The third-order valence-electron chi connectivity index (χ3n) is 5.31. The fourth-order valence-electron chi connectivity index (χ4n) is 4.02. The Morgan fingerprint density at radius 3 is 2.59 bits per heavy atom. The Morgan fingerprint density at radius 2 is 1.91 bits per heavy atom. The van der Waals surface area contributed by atoms with Crippen LogP contribution in [-0.2, 0) is 6.42 Å². The molecule has 0 aromatic heterocycles. The van der Waals surface area contributed by atoms with Gasteiger partial charge in [0.05, 0.1) is 12.2 Å². The molecule has 0 saturated carbocycles. The number of piperidine rings is 2. The first-order valence-electron chi connectivity index (χ1n) is 8.54. The summed E-state index contributed by atoms with van der Waals surface area (Å²) in [4.78, 5) is 2.60. The normalized spacial score (nSPS) is 31.3. The Morgan fingerprint density at radius 1 is 1.18 bits per heavy atom. The maximum atomic E-state index is 10.6. The fraction of sp³-hybridized carbons (Fsp3) is 0.667. The van der Waals surface area contributed by atoms with Crippen molar-refractivity contribution in [3.8, 4) is 0 Å². The van der Waals surface area contributed by atoms with E-state index < -0.39 is 5.60 Å². The summed E-state index contributed by atoms with van der Waals surface area (Å²) in [7, 11) is 0. The molecule has 1 aromatic rings. The predicted molar refractivity (Wildman–Crippen MR) is 87.8 cm³/mol. The van der Waals surface area contributed by atoms with E-state index in [0.29, 0.717) is 24.9 Å². The maximum absolute atomic E-state index is 10.6. The number of aliphatic hydroxyl groups excluding tert-OH is 1. The highest BCUT2D eigenvalue weighted by Crippen LogP contribution is 2.31. The second-order valence-electron chi connectivity index (χ2n) is 6.90. The molecule has 2 atom stereocenters. The van der Waals surface area contributed by atoms with Crippen LogP contribution in [0.3, 0.4) is 0 Å². The van der Waals surface area contributed by atoms with Gasteiger partial charge in [-0.15, -0.1) is 0 Å². The second kappa shape index (κ2) is 7.09. The van der Waals surface area contributed by atoms with Gasteiger partial charge in [0, 0.05) is 18.6 Å². The number of hydrogen-bond donors (Lipinski definition) is 3. The van der Waals surface area contributed by atoms with Crippen LogP contribution in [0.2, 0.25) is 0 Å². The molecule has 2 aliphatic heterocycles. The molecule has 0 amide bonds. The minimum absolute atomic E-state index is 0.127. The molecule has 22 heavy (non-hydrogen) atoms. The quantitative estimate of drug-likeness (QED) is 0.781. The molecule has 0 bridgehead atoms. The molecule has 2 heterocycles. The second-order valence-corrected chi connectivity index (χ2v) is 6.90. The van der Waals surface area contributed by atoms with E-state index in [4.69, 9.17) is 0 Å². The third kappa shape index (κ3) is 3.69. The minimum Gasteiger partial charge on any atom is -0.393 e. The van der Waals surface area contributed by atoms with E-state index in [1.54, 1.807) is 0 Å². The highest BCUT2D eigenvalue weighted by Gasteiger charge is 2.40. The maximum Gasteiger partial charge on any atom is 0.0904 e. The van der Waals surface area contributed by atoms with Crippen LogP contribution >= 0.6 is 0 Å². The third-order valence-corrected chi connectivity index (χ3v) is 5.31. The van der Waals surface area contributed by atoms with Crippen LogP contribution in [0.1, 0.15) is 31.2 Å². The van der Waals surface area contributed by atoms with Crippen molar-refractivity contribution in [1.29, 1.82) is 0 Å². The summed E-state index contributed by atoms with van der Waals surface area (Å²) in [5, 5.41) is 23.5. The molecule has 3 rings (SSSR count). The Hall–Kier alpha value is -0.940. The van der Waals surface area contributed by atoms with E-state index in [1.807, 2.05) is 6.07 Å². The summed E-state index contributed by atoms with van der Waals surface area (Å²) in [6.07, 6.45) is 4.67. The van der Waals surface area contributed by atoms with Crippen LogP contribution in [-0.4, -0.2) is 59.0 Å². The van der Waals surface area contributed by atoms with Gasteiger partial charge in [-0.3, -0.25) is 4.90 Å². The van der Waals surface area contributed by atoms with Gasteiger partial charge in [-0.1, -0.05) is 30.3 Å². The van der Waals surface area contributed by atoms with Gasteiger partial charge in [-0.2, -0.15) is 0 Å². The molecule has 2 saturated heterocycles. The van der Waals surface area contributed by atoms with E-state index in [0.717, 1.165) is 26.1 Å². The van der Waals surface area contributed by atoms with Crippen LogP contribution < -0.4 is 5.32 Å². The summed E-state index contributed by atoms with van der Waals surface area (Å²) in [5.74, 6) is 0. The van der Waals surface area contributed by atoms with Crippen LogP contribution in [0, 0.1) is 0 Å². The van der Waals surface area contributed by atoms with Gasteiger partial charge in [0.2, 0.25) is 0 Å². The predicted octanol–water partition coefficient (Wildman–Crippen LogP) is 1.17. The molecular formula is C18H28N2O2. The zero-order valence-corrected chi connectivity index (χ0v) is 13.2. The SMILES string of the molecule is OCC1(O)CCN(C2CCNCC2)C(Cc2ccccc2)C1. The first kappa shape index (κ1) is 15.9. The number of rotatable bonds is 4. The Labute approximate surface area is 133 Å². The fourth-order valence-corrected chi connectivity index (χ4v) is 4.02. The zero-order valence-electron chi connectivity index (χ0n) is 13.2. The van der Waals surface area contributed by atoms with E-state index in [1.165, 1.54) is 18.4 Å². The molecule has 4 heteroatoms. The number of nitrogens with one attached hydrogen (secondary N) is 1. The zero-order chi connectivity index (χ0) is 15.4. The van der Waals surface area contributed by atoms with Crippen molar-refractivity contribution in [3.63, 3.8) is 0 Å². The van der Waals surface area contributed by atoms with Crippen LogP contribution in [0.5, 0.6) is 0 Å². The van der Waals surface area contributed by atoms with Gasteiger partial charge in [0.15, 0.2) is 0 Å². The molecule has 2 aliphatic rings. The van der Waals surface area contributed by atoms with Crippen molar-refractivity contribution in [1.82, 2.24) is 10.2 Å². The molecule has 2 unspecified atom stereocenters. The summed E-state index contributed by atoms with van der Waals surface area (Å²) >= 11 is 0. The van der Waals surface area contributed by atoms with Gasteiger partial charge in [-0.25, -0.2) is 0 Å². The number of aliphatic hydroxyl groups is 2.